The van der Waals surface area contributed by atoms with Crippen LogP contribution in [0.1, 0.15) is 15.9 Å². The predicted molar refractivity (Wildman–Crippen MR) is 81.2 cm³/mol. The Morgan fingerprint density at radius 1 is 1.19 bits per heavy atom. The molecule has 0 unspecified atom stereocenters. The van der Waals surface area contributed by atoms with E-state index in [1.54, 1.807) is 0 Å². The average Bonchev–Trinajstić information content (AvgIpc) is 2.47. The lowest BCUT2D eigenvalue weighted by atomic mass is 9.97. The van der Waals surface area contributed by atoms with Gasteiger partial charge < -0.3 is 9.29 Å². The average molecular weight is 415 g/mol. The van der Waals surface area contributed by atoms with Gasteiger partial charge in [0.1, 0.15) is 5.82 Å². The molecule has 0 aliphatic rings. The number of carboxylic acids is 1. The van der Waals surface area contributed by atoms with Crippen LogP contribution in [0, 0.1) is 12.7 Å². The number of fused-ring (bicyclic) bond motifs is 1. The van der Waals surface area contributed by atoms with Gasteiger partial charge >= 0.3 is 21.6 Å². The molecule has 0 bridgehead atoms. The van der Waals surface area contributed by atoms with Gasteiger partial charge in [-0.25, -0.2) is 9.18 Å². The van der Waals surface area contributed by atoms with Crippen molar-refractivity contribution in [3.63, 3.8) is 0 Å². The zero-order valence-corrected chi connectivity index (χ0v) is 14.1. The summed E-state index contributed by atoms with van der Waals surface area (Å²) in [6, 6.07) is 2.63. The maximum absolute atomic E-state index is 13.7. The van der Waals surface area contributed by atoms with E-state index in [2.05, 4.69) is 4.18 Å². The Labute approximate surface area is 148 Å². The van der Waals surface area contributed by atoms with Crippen LogP contribution in [0.3, 0.4) is 0 Å². The molecule has 0 atom stereocenters. The molecule has 0 heterocycles. The highest BCUT2D eigenvalue weighted by molar-refractivity contribution is 7.88. The van der Waals surface area contributed by atoms with E-state index >= 15 is 0 Å². The first kappa shape index (κ1) is 19.9. The molecule has 0 aliphatic heterocycles. The van der Waals surface area contributed by atoms with E-state index in [1.165, 1.54) is 0 Å². The molecule has 1 N–H and O–H groups in total. The quantitative estimate of drug-likeness (QED) is 0.270. The largest absolute Gasteiger partial charge is 0.534 e. The van der Waals surface area contributed by atoms with Crippen molar-refractivity contribution >= 4 is 44.2 Å². The fraction of sp³-hybridized carbons (Fsp3) is 0.143. The standard InChI is InChI=1S/C14H7ClF4O6S/c1-5-2-6-3-8(15)9(16)4-7(6)12(10(5)11(20)13(21)22)25-26(23,24)14(17,18)19/h2-4H,1H3,(H,21,22). The molecule has 0 amide bonds. The Morgan fingerprint density at radius 3 is 2.27 bits per heavy atom. The highest BCUT2D eigenvalue weighted by atomic mass is 35.5. The van der Waals surface area contributed by atoms with Crippen LogP contribution < -0.4 is 4.18 Å². The summed E-state index contributed by atoms with van der Waals surface area (Å²) < 4.78 is 78.4. The molecule has 12 heteroatoms. The molecule has 2 rings (SSSR count). The third-order valence-electron chi connectivity index (χ3n) is 3.23. The number of ketones is 1. The topological polar surface area (TPSA) is 97.7 Å². The van der Waals surface area contributed by atoms with Crippen molar-refractivity contribution in [3.8, 4) is 5.75 Å². The van der Waals surface area contributed by atoms with Crippen LogP contribution in [-0.4, -0.2) is 30.8 Å². The van der Waals surface area contributed by atoms with Gasteiger partial charge in [-0.3, -0.25) is 4.79 Å². The molecular weight excluding hydrogens is 408 g/mol. The van der Waals surface area contributed by atoms with E-state index in [0.29, 0.717) is 6.07 Å². The SMILES string of the molecule is Cc1cc2cc(Cl)c(F)cc2c(OS(=O)(=O)C(F)(F)F)c1C(=O)C(=O)O. The number of carboxylic acid groups (broad SMARTS) is 1. The van der Waals surface area contributed by atoms with Gasteiger partial charge in [-0.1, -0.05) is 17.7 Å². The number of carbonyl (C=O) groups excluding carboxylic acids is 1. The van der Waals surface area contributed by atoms with Crippen molar-refractivity contribution < 1.29 is 44.9 Å². The molecule has 0 fully saturated rings. The second kappa shape index (κ2) is 6.40. The number of aryl methyl sites for hydroxylation is 1. The highest BCUT2D eigenvalue weighted by Crippen LogP contribution is 2.38. The number of carbonyl (C=O) groups is 2. The second-order valence-electron chi connectivity index (χ2n) is 5.00. The maximum Gasteiger partial charge on any atom is 0.534 e. The van der Waals surface area contributed by atoms with E-state index in [1.807, 2.05) is 0 Å². The minimum Gasteiger partial charge on any atom is -0.475 e. The monoisotopic (exact) mass is 414 g/mol. The summed E-state index contributed by atoms with van der Waals surface area (Å²) in [6.45, 7) is 1.14. The van der Waals surface area contributed by atoms with Crippen LogP contribution in [0.2, 0.25) is 5.02 Å². The third-order valence-corrected chi connectivity index (χ3v) is 4.47. The van der Waals surface area contributed by atoms with Crippen LogP contribution >= 0.6 is 11.6 Å². The van der Waals surface area contributed by atoms with Crippen LogP contribution in [0.5, 0.6) is 5.75 Å². The van der Waals surface area contributed by atoms with Gasteiger partial charge in [0, 0.05) is 5.39 Å². The van der Waals surface area contributed by atoms with Crippen molar-refractivity contribution in [1.29, 1.82) is 0 Å². The lowest BCUT2D eigenvalue weighted by Crippen LogP contribution is -2.29. The number of hydrogen-bond donors (Lipinski definition) is 1. The van der Waals surface area contributed by atoms with Crippen LogP contribution in [0.25, 0.3) is 10.8 Å². The van der Waals surface area contributed by atoms with Gasteiger partial charge in [-0.15, -0.1) is 0 Å². The van der Waals surface area contributed by atoms with Crippen molar-refractivity contribution in [1.82, 2.24) is 0 Å². The molecule has 0 spiro atoms. The maximum atomic E-state index is 13.7. The fourth-order valence-electron chi connectivity index (χ4n) is 2.13. The van der Waals surface area contributed by atoms with E-state index in [4.69, 9.17) is 16.7 Å². The van der Waals surface area contributed by atoms with Gasteiger partial charge in [-0.05, 0) is 30.0 Å². The Hall–Kier alpha value is -2.40. The smallest absolute Gasteiger partial charge is 0.475 e. The fourth-order valence-corrected chi connectivity index (χ4v) is 2.79. The Morgan fingerprint density at radius 2 is 1.77 bits per heavy atom. The van der Waals surface area contributed by atoms with Gasteiger partial charge in [0.25, 0.3) is 5.78 Å². The van der Waals surface area contributed by atoms with Gasteiger partial charge in [0.15, 0.2) is 5.75 Å². The van der Waals surface area contributed by atoms with Crippen LogP contribution in [0.15, 0.2) is 18.2 Å². The summed E-state index contributed by atoms with van der Waals surface area (Å²) in [5.41, 5.74) is -7.03. The number of benzene rings is 2. The van der Waals surface area contributed by atoms with E-state index in [9.17, 15) is 35.6 Å². The zero-order chi connectivity index (χ0) is 20.0. The Bertz CT molecular complexity index is 1050. The Kier molecular flexibility index (Phi) is 4.90. The Balaban J connectivity index is 2.94. The van der Waals surface area contributed by atoms with Crippen molar-refractivity contribution in [3.05, 3.63) is 40.2 Å². The lowest BCUT2D eigenvalue weighted by Gasteiger charge is -2.16. The zero-order valence-electron chi connectivity index (χ0n) is 12.5. The number of halogens is 5. The van der Waals surface area contributed by atoms with E-state index < -0.39 is 54.9 Å². The van der Waals surface area contributed by atoms with Crippen molar-refractivity contribution in [2.45, 2.75) is 12.4 Å². The number of Topliss-reactive ketones (excluding diaryl/α,β-unsaturated/α-hetero) is 1. The summed E-state index contributed by atoms with van der Waals surface area (Å²) in [6.07, 6.45) is 0. The molecule has 0 saturated heterocycles. The highest BCUT2D eigenvalue weighted by Gasteiger charge is 2.49. The summed E-state index contributed by atoms with van der Waals surface area (Å²) >= 11 is 5.58. The summed E-state index contributed by atoms with van der Waals surface area (Å²) in [5.74, 6) is -6.20. The minimum absolute atomic E-state index is 0.0665. The van der Waals surface area contributed by atoms with E-state index in [-0.39, 0.29) is 10.9 Å². The molecule has 0 aliphatic carbocycles. The van der Waals surface area contributed by atoms with Crippen molar-refractivity contribution in [2.75, 3.05) is 0 Å². The molecule has 0 aromatic heterocycles. The molecule has 26 heavy (non-hydrogen) atoms. The van der Waals surface area contributed by atoms with Gasteiger partial charge in [0.05, 0.1) is 10.6 Å². The molecular formula is C14H7ClF4O6S. The van der Waals surface area contributed by atoms with Crippen LogP contribution in [0.4, 0.5) is 17.6 Å². The molecule has 2 aromatic carbocycles. The molecule has 0 saturated carbocycles. The molecule has 2 aromatic rings. The first-order chi connectivity index (χ1) is 11.8. The molecule has 0 radical (unpaired) electrons. The lowest BCUT2D eigenvalue weighted by molar-refractivity contribution is -0.131. The number of hydrogen-bond acceptors (Lipinski definition) is 5. The number of aliphatic carboxylic acids is 1. The summed E-state index contributed by atoms with van der Waals surface area (Å²) in [7, 11) is -6.26. The minimum atomic E-state index is -6.26. The van der Waals surface area contributed by atoms with Crippen LogP contribution in [-0.2, 0) is 14.9 Å². The normalized spacial score (nSPS) is 12.2. The molecule has 140 valence electrons. The number of alkyl halides is 3. The van der Waals surface area contributed by atoms with Crippen molar-refractivity contribution in [2.24, 2.45) is 0 Å². The third kappa shape index (κ3) is 3.44. The first-order valence-electron chi connectivity index (χ1n) is 6.47. The van der Waals surface area contributed by atoms with Gasteiger partial charge in [0.2, 0.25) is 0 Å². The number of rotatable bonds is 4. The molecule has 6 nitrogen and oxygen atoms in total. The second-order valence-corrected chi connectivity index (χ2v) is 6.95. The predicted octanol–water partition coefficient (Wildman–Crippen LogP) is 3.44. The van der Waals surface area contributed by atoms with E-state index in [0.717, 1.165) is 19.1 Å². The first-order valence-corrected chi connectivity index (χ1v) is 8.25. The summed E-state index contributed by atoms with van der Waals surface area (Å²) in [4.78, 5) is 22.8. The summed E-state index contributed by atoms with van der Waals surface area (Å²) in [5, 5.41) is 7.77. The van der Waals surface area contributed by atoms with Gasteiger partial charge in [-0.2, -0.15) is 21.6 Å².